The number of hydrogen-bond donors (Lipinski definition) is 2. The Labute approximate surface area is 171 Å². The average molecular weight is 396 g/mol. The van der Waals surface area contributed by atoms with Gasteiger partial charge in [-0.15, -0.1) is 0 Å². The van der Waals surface area contributed by atoms with Crippen molar-refractivity contribution in [3.05, 3.63) is 59.7 Å². The SMILES string of the molecule is CCCN(C(=O)c1ccc(OC(=O)c2ccc(N=C(N)N)cc2)cc1)C(C)CC. The molecule has 29 heavy (non-hydrogen) atoms. The number of nitrogens with two attached hydrogens (primary N) is 2. The van der Waals surface area contributed by atoms with Crippen LogP contribution >= 0.6 is 0 Å². The highest BCUT2D eigenvalue weighted by Gasteiger charge is 2.19. The van der Waals surface area contributed by atoms with Crippen molar-refractivity contribution in [3.8, 4) is 5.75 Å². The smallest absolute Gasteiger partial charge is 0.343 e. The number of amides is 1. The van der Waals surface area contributed by atoms with Gasteiger partial charge in [0.2, 0.25) is 0 Å². The van der Waals surface area contributed by atoms with Crippen molar-refractivity contribution in [3.63, 3.8) is 0 Å². The quantitative estimate of drug-likeness (QED) is 0.307. The normalized spacial score (nSPS) is 11.4. The molecular weight excluding hydrogens is 368 g/mol. The highest BCUT2D eigenvalue weighted by molar-refractivity contribution is 5.95. The van der Waals surface area contributed by atoms with Crippen molar-refractivity contribution in [1.82, 2.24) is 4.90 Å². The number of carbonyl (C=O) groups excluding carboxylic acids is 2. The summed E-state index contributed by atoms with van der Waals surface area (Å²) in [5.74, 6) is -0.215. The average Bonchev–Trinajstić information content (AvgIpc) is 2.71. The van der Waals surface area contributed by atoms with Crippen LogP contribution in [0.2, 0.25) is 0 Å². The van der Waals surface area contributed by atoms with Gasteiger partial charge in [-0.05, 0) is 68.3 Å². The van der Waals surface area contributed by atoms with Gasteiger partial charge in [-0.1, -0.05) is 13.8 Å². The Balaban J connectivity index is 2.07. The van der Waals surface area contributed by atoms with E-state index in [1.54, 1.807) is 48.5 Å². The van der Waals surface area contributed by atoms with E-state index in [1.165, 1.54) is 0 Å². The topological polar surface area (TPSA) is 111 Å². The lowest BCUT2D eigenvalue weighted by Crippen LogP contribution is -2.38. The molecule has 2 rings (SSSR count). The van der Waals surface area contributed by atoms with E-state index in [-0.39, 0.29) is 17.9 Å². The van der Waals surface area contributed by atoms with Crippen molar-refractivity contribution >= 4 is 23.5 Å². The Morgan fingerprint density at radius 2 is 1.59 bits per heavy atom. The van der Waals surface area contributed by atoms with Crippen LogP contribution in [-0.4, -0.2) is 35.3 Å². The minimum Gasteiger partial charge on any atom is -0.423 e. The molecule has 7 nitrogen and oxygen atoms in total. The van der Waals surface area contributed by atoms with E-state index in [1.807, 2.05) is 11.8 Å². The number of aliphatic imine (C=N–C) groups is 1. The second-order valence-electron chi connectivity index (χ2n) is 6.75. The Morgan fingerprint density at radius 3 is 2.10 bits per heavy atom. The molecule has 0 aromatic heterocycles. The van der Waals surface area contributed by atoms with E-state index in [4.69, 9.17) is 16.2 Å². The first kappa shape index (κ1) is 21.9. The molecule has 4 N–H and O–H groups in total. The second-order valence-corrected chi connectivity index (χ2v) is 6.75. The zero-order valence-electron chi connectivity index (χ0n) is 17.1. The van der Waals surface area contributed by atoms with Gasteiger partial charge in [-0.2, -0.15) is 0 Å². The van der Waals surface area contributed by atoms with Crippen LogP contribution < -0.4 is 16.2 Å². The Morgan fingerprint density at radius 1 is 1.00 bits per heavy atom. The molecule has 7 heteroatoms. The summed E-state index contributed by atoms with van der Waals surface area (Å²) in [7, 11) is 0. The maximum absolute atomic E-state index is 12.8. The molecule has 1 atom stereocenters. The van der Waals surface area contributed by atoms with Crippen LogP contribution in [-0.2, 0) is 0 Å². The zero-order valence-corrected chi connectivity index (χ0v) is 17.1. The number of rotatable bonds is 8. The molecule has 0 fully saturated rings. The number of ether oxygens (including phenoxy) is 1. The van der Waals surface area contributed by atoms with Crippen molar-refractivity contribution in [1.29, 1.82) is 0 Å². The van der Waals surface area contributed by atoms with Gasteiger partial charge in [0.1, 0.15) is 5.75 Å². The molecule has 0 heterocycles. The standard InChI is InChI=1S/C22H28N4O3/c1-4-14-26(15(3)5-2)20(27)16-8-12-19(13-9-16)29-21(28)17-6-10-18(11-7-17)25-22(23)24/h6-13,15H,4-5,14H2,1-3H3,(H4,23,24,25). The van der Waals surface area contributed by atoms with Crippen LogP contribution in [0.4, 0.5) is 5.69 Å². The zero-order chi connectivity index (χ0) is 21.4. The van der Waals surface area contributed by atoms with E-state index < -0.39 is 5.97 Å². The molecule has 0 aliphatic carbocycles. The lowest BCUT2D eigenvalue weighted by Gasteiger charge is -2.28. The van der Waals surface area contributed by atoms with Gasteiger partial charge < -0.3 is 21.1 Å². The van der Waals surface area contributed by atoms with Crippen LogP contribution in [0.15, 0.2) is 53.5 Å². The maximum atomic E-state index is 12.8. The molecule has 0 saturated carbocycles. The fourth-order valence-corrected chi connectivity index (χ4v) is 2.80. The predicted molar refractivity (Wildman–Crippen MR) is 114 cm³/mol. The Hall–Kier alpha value is -3.35. The van der Waals surface area contributed by atoms with Crippen LogP contribution in [0.3, 0.4) is 0 Å². The summed E-state index contributed by atoms with van der Waals surface area (Å²) in [5, 5.41) is 0. The van der Waals surface area contributed by atoms with Crippen LogP contribution in [0.25, 0.3) is 0 Å². The summed E-state index contributed by atoms with van der Waals surface area (Å²) < 4.78 is 5.38. The van der Waals surface area contributed by atoms with Gasteiger partial charge in [0.25, 0.3) is 5.91 Å². The fourth-order valence-electron chi connectivity index (χ4n) is 2.80. The fraction of sp³-hybridized carbons (Fsp3) is 0.318. The van der Waals surface area contributed by atoms with Crippen LogP contribution in [0.1, 0.15) is 54.3 Å². The predicted octanol–water partition coefficient (Wildman–Crippen LogP) is 3.46. The first-order valence-corrected chi connectivity index (χ1v) is 9.68. The van der Waals surface area contributed by atoms with Crippen molar-refractivity contribution in [2.45, 2.75) is 39.7 Å². The number of hydrogen-bond acceptors (Lipinski definition) is 4. The van der Waals surface area contributed by atoms with Gasteiger partial charge in [0.05, 0.1) is 11.3 Å². The largest absolute Gasteiger partial charge is 0.423 e. The number of benzene rings is 2. The van der Waals surface area contributed by atoms with Crippen molar-refractivity contribution < 1.29 is 14.3 Å². The van der Waals surface area contributed by atoms with Gasteiger partial charge >= 0.3 is 5.97 Å². The molecule has 0 bridgehead atoms. The molecule has 2 aromatic carbocycles. The molecule has 2 aromatic rings. The van der Waals surface area contributed by atoms with E-state index in [2.05, 4.69) is 18.8 Å². The summed E-state index contributed by atoms with van der Waals surface area (Å²) in [6.07, 6.45) is 1.79. The van der Waals surface area contributed by atoms with Crippen LogP contribution in [0.5, 0.6) is 5.75 Å². The van der Waals surface area contributed by atoms with Crippen LogP contribution in [0, 0.1) is 0 Å². The van der Waals surface area contributed by atoms with E-state index >= 15 is 0 Å². The number of carbonyl (C=O) groups is 2. The monoisotopic (exact) mass is 396 g/mol. The lowest BCUT2D eigenvalue weighted by atomic mass is 10.1. The Bertz CT molecular complexity index is 857. The number of esters is 1. The molecule has 0 aliphatic heterocycles. The highest BCUT2D eigenvalue weighted by Crippen LogP contribution is 2.19. The summed E-state index contributed by atoms with van der Waals surface area (Å²) in [6, 6.07) is 13.2. The molecule has 0 radical (unpaired) electrons. The summed E-state index contributed by atoms with van der Waals surface area (Å²) >= 11 is 0. The van der Waals surface area contributed by atoms with Crippen molar-refractivity contribution in [2.75, 3.05) is 6.54 Å². The number of guanidine groups is 1. The minimum absolute atomic E-state index is 0.0191. The van der Waals surface area contributed by atoms with Gasteiger partial charge in [-0.3, -0.25) is 4.79 Å². The van der Waals surface area contributed by atoms with Gasteiger partial charge in [0, 0.05) is 18.2 Å². The summed E-state index contributed by atoms with van der Waals surface area (Å²) in [5.41, 5.74) is 12.1. The van der Waals surface area contributed by atoms with Crippen molar-refractivity contribution in [2.24, 2.45) is 16.5 Å². The third kappa shape index (κ3) is 6.07. The molecule has 1 amide bonds. The third-order valence-corrected chi connectivity index (χ3v) is 4.52. The molecule has 0 saturated heterocycles. The highest BCUT2D eigenvalue weighted by atomic mass is 16.5. The second kappa shape index (κ2) is 10.3. The van der Waals surface area contributed by atoms with E-state index in [9.17, 15) is 9.59 Å². The van der Waals surface area contributed by atoms with E-state index in [0.717, 1.165) is 12.8 Å². The summed E-state index contributed by atoms with van der Waals surface area (Å²) in [6.45, 7) is 6.87. The lowest BCUT2D eigenvalue weighted by molar-refractivity contribution is 0.0688. The molecular formula is C22H28N4O3. The molecule has 154 valence electrons. The minimum atomic E-state index is -0.507. The summed E-state index contributed by atoms with van der Waals surface area (Å²) in [4.78, 5) is 30.9. The first-order chi connectivity index (χ1) is 13.8. The molecule has 1 unspecified atom stereocenters. The number of nitrogens with zero attached hydrogens (tertiary/aromatic N) is 2. The van der Waals surface area contributed by atoms with Gasteiger partial charge in [0.15, 0.2) is 5.96 Å². The molecule has 0 spiro atoms. The Kier molecular flexibility index (Phi) is 7.77. The van der Waals surface area contributed by atoms with Gasteiger partial charge in [-0.25, -0.2) is 9.79 Å². The maximum Gasteiger partial charge on any atom is 0.343 e. The molecule has 0 aliphatic rings. The first-order valence-electron chi connectivity index (χ1n) is 9.68. The van der Waals surface area contributed by atoms with E-state index in [0.29, 0.717) is 29.1 Å². The third-order valence-electron chi connectivity index (χ3n) is 4.52.